The maximum absolute atomic E-state index is 12.0. The van der Waals surface area contributed by atoms with Crippen molar-refractivity contribution in [1.29, 1.82) is 0 Å². The molecule has 0 aliphatic heterocycles. The van der Waals surface area contributed by atoms with Gasteiger partial charge in [-0.3, -0.25) is 4.90 Å². The third-order valence-corrected chi connectivity index (χ3v) is 4.86. The Morgan fingerprint density at radius 1 is 1.27 bits per heavy atom. The zero-order chi connectivity index (χ0) is 18.9. The number of aliphatic hydroxyl groups excluding tert-OH is 1. The molecule has 3 rings (SSSR count). The molecule has 26 heavy (non-hydrogen) atoms. The normalized spacial score (nSPS) is 20.3. The maximum atomic E-state index is 12.0. The molecule has 1 fully saturated rings. The van der Waals surface area contributed by atoms with Crippen molar-refractivity contribution in [2.24, 2.45) is 0 Å². The zero-order valence-electron chi connectivity index (χ0n) is 15.6. The van der Waals surface area contributed by atoms with Crippen molar-refractivity contribution in [2.75, 3.05) is 4.90 Å². The number of carboxylic acid groups (broad SMARTS) is 1. The first-order valence-electron chi connectivity index (χ1n) is 9.08. The van der Waals surface area contributed by atoms with Crippen LogP contribution in [0.25, 0.3) is 0 Å². The fourth-order valence-electron chi connectivity index (χ4n) is 3.51. The lowest BCUT2D eigenvalue weighted by atomic mass is 10.0. The van der Waals surface area contributed by atoms with Crippen LogP contribution >= 0.6 is 0 Å². The maximum Gasteiger partial charge on any atom is 0.413 e. The van der Waals surface area contributed by atoms with E-state index < -0.39 is 6.09 Å². The molecule has 1 heterocycles. The van der Waals surface area contributed by atoms with E-state index in [-0.39, 0.29) is 24.1 Å². The Kier molecular flexibility index (Phi) is 5.05. The van der Waals surface area contributed by atoms with Crippen LogP contribution in [0.2, 0.25) is 0 Å². The number of rotatable bonds is 4. The van der Waals surface area contributed by atoms with Gasteiger partial charge in [0.15, 0.2) is 0 Å². The van der Waals surface area contributed by atoms with Crippen LogP contribution in [0.5, 0.6) is 0 Å². The Balaban J connectivity index is 1.99. The summed E-state index contributed by atoms with van der Waals surface area (Å²) in [7, 11) is 0. The van der Waals surface area contributed by atoms with Gasteiger partial charge in [0.2, 0.25) is 0 Å². The summed E-state index contributed by atoms with van der Waals surface area (Å²) in [6.45, 7) is 6.31. The largest absolute Gasteiger partial charge is 0.465 e. The van der Waals surface area contributed by atoms with Gasteiger partial charge in [0.1, 0.15) is 5.82 Å². The lowest BCUT2D eigenvalue weighted by molar-refractivity contribution is 0.181. The highest BCUT2D eigenvalue weighted by atomic mass is 16.4. The highest BCUT2D eigenvalue weighted by Crippen LogP contribution is 2.37. The number of benzene rings is 1. The van der Waals surface area contributed by atoms with E-state index in [0.29, 0.717) is 12.2 Å². The highest BCUT2D eigenvalue weighted by molar-refractivity contribution is 5.85. The monoisotopic (exact) mass is 357 g/mol. The van der Waals surface area contributed by atoms with Crippen LogP contribution in [-0.4, -0.2) is 32.2 Å². The fourth-order valence-corrected chi connectivity index (χ4v) is 3.51. The van der Waals surface area contributed by atoms with Gasteiger partial charge in [0.05, 0.1) is 23.9 Å². The molecule has 1 saturated carbocycles. The quantitative estimate of drug-likeness (QED) is 0.868. The van der Waals surface area contributed by atoms with E-state index in [1.807, 2.05) is 57.2 Å². The van der Waals surface area contributed by atoms with Crippen LogP contribution in [0.3, 0.4) is 0 Å². The van der Waals surface area contributed by atoms with Gasteiger partial charge in [-0.05, 0) is 45.6 Å². The summed E-state index contributed by atoms with van der Waals surface area (Å²) >= 11 is 0. The molecule has 1 aromatic carbocycles. The van der Waals surface area contributed by atoms with Crippen molar-refractivity contribution >= 4 is 11.9 Å². The minimum absolute atomic E-state index is 0.180. The Morgan fingerprint density at radius 3 is 2.50 bits per heavy atom. The van der Waals surface area contributed by atoms with E-state index in [4.69, 9.17) is 5.10 Å². The first-order valence-corrected chi connectivity index (χ1v) is 9.08. The van der Waals surface area contributed by atoms with E-state index in [0.717, 1.165) is 24.1 Å². The minimum atomic E-state index is -1.00. The van der Waals surface area contributed by atoms with E-state index in [2.05, 4.69) is 0 Å². The summed E-state index contributed by atoms with van der Waals surface area (Å²) in [6, 6.07) is 11.4. The third kappa shape index (κ3) is 3.90. The molecule has 2 N–H and O–H groups in total. The minimum Gasteiger partial charge on any atom is -0.465 e. The van der Waals surface area contributed by atoms with E-state index in [1.165, 1.54) is 4.90 Å². The zero-order valence-corrected chi connectivity index (χ0v) is 15.6. The van der Waals surface area contributed by atoms with Crippen molar-refractivity contribution in [3.05, 3.63) is 47.7 Å². The van der Waals surface area contributed by atoms with Gasteiger partial charge in [0.25, 0.3) is 0 Å². The average molecular weight is 357 g/mol. The second-order valence-electron chi connectivity index (χ2n) is 8.03. The predicted molar refractivity (Wildman–Crippen MR) is 100 cm³/mol. The molecule has 0 unspecified atom stereocenters. The topological polar surface area (TPSA) is 78.6 Å². The van der Waals surface area contributed by atoms with Gasteiger partial charge < -0.3 is 10.2 Å². The van der Waals surface area contributed by atoms with Crippen molar-refractivity contribution in [3.8, 4) is 0 Å². The third-order valence-electron chi connectivity index (χ3n) is 4.86. The smallest absolute Gasteiger partial charge is 0.413 e. The summed E-state index contributed by atoms with van der Waals surface area (Å²) in [5, 5.41) is 24.4. The Morgan fingerprint density at radius 2 is 1.96 bits per heavy atom. The van der Waals surface area contributed by atoms with Gasteiger partial charge >= 0.3 is 6.09 Å². The standard InChI is InChI=1S/C20H27N3O3/c1-20(2,3)23-18(12-17(21-23)15-9-10-16(24)11-15)22(19(25)26)13-14-7-5-4-6-8-14/h4-8,12,15-16,24H,9-11,13H2,1-3H3,(H,25,26)/t15-,16+/m1/s1. The number of aromatic nitrogens is 2. The number of aliphatic hydroxyl groups is 1. The molecular weight excluding hydrogens is 330 g/mol. The van der Waals surface area contributed by atoms with Crippen molar-refractivity contribution < 1.29 is 15.0 Å². The van der Waals surface area contributed by atoms with Crippen LogP contribution in [0, 0.1) is 0 Å². The van der Waals surface area contributed by atoms with Gasteiger partial charge in [-0.15, -0.1) is 0 Å². The molecule has 2 aromatic rings. The molecule has 6 nitrogen and oxygen atoms in total. The molecule has 0 bridgehead atoms. The van der Waals surface area contributed by atoms with Crippen molar-refractivity contribution in [2.45, 2.75) is 64.1 Å². The van der Waals surface area contributed by atoms with Crippen molar-refractivity contribution in [3.63, 3.8) is 0 Å². The number of hydrogen-bond acceptors (Lipinski definition) is 3. The first kappa shape index (κ1) is 18.5. The molecule has 1 aliphatic rings. The number of anilines is 1. The summed E-state index contributed by atoms with van der Waals surface area (Å²) in [5.41, 5.74) is 1.44. The average Bonchev–Trinajstić information content (AvgIpc) is 3.19. The first-order chi connectivity index (χ1) is 12.3. The van der Waals surface area contributed by atoms with Gasteiger partial charge in [-0.1, -0.05) is 30.3 Å². The Hall–Kier alpha value is -2.34. The lowest BCUT2D eigenvalue weighted by Gasteiger charge is -2.27. The number of nitrogens with zero attached hydrogens (tertiary/aromatic N) is 3. The second-order valence-corrected chi connectivity index (χ2v) is 8.03. The molecule has 1 aromatic heterocycles. The van der Waals surface area contributed by atoms with Crippen LogP contribution in [0.15, 0.2) is 36.4 Å². The van der Waals surface area contributed by atoms with Gasteiger partial charge in [0, 0.05) is 12.0 Å². The number of hydrogen-bond donors (Lipinski definition) is 2. The molecule has 2 atom stereocenters. The van der Waals surface area contributed by atoms with Crippen LogP contribution in [0.4, 0.5) is 10.6 Å². The lowest BCUT2D eigenvalue weighted by Crippen LogP contribution is -2.34. The summed E-state index contributed by atoms with van der Waals surface area (Å²) in [6.07, 6.45) is 1.05. The van der Waals surface area contributed by atoms with E-state index >= 15 is 0 Å². The van der Waals surface area contributed by atoms with E-state index in [9.17, 15) is 15.0 Å². The number of carbonyl (C=O) groups is 1. The molecule has 140 valence electrons. The Bertz CT molecular complexity index is 764. The second kappa shape index (κ2) is 7.11. The van der Waals surface area contributed by atoms with E-state index in [1.54, 1.807) is 4.68 Å². The molecule has 0 radical (unpaired) electrons. The van der Waals surface area contributed by atoms with Gasteiger partial charge in [-0.25, -0.2) is 9.48 Å². The molecule has 1 aliphatic carbocycles. The van der Waals surface area contributed by atoms with Crippen LogP contribution in [-0.2, 0) is 12.1 Å². The van der Waals surface area contributed by atoms with Gasteiger partial charge in [-0.2, -0.15) is 5.10 Å². The highest BCUT2D eigenvalue weighted by Gasteiger charge is 2.31. The van der Waals surface area contributed by atoms with Crippen LogP contribution in [0.1, 0.15) is 57.2 Å². The summed E-state index contributed by atoms with van der Waals surface area (Å²) in [5.74, 6) is 0.755. The molecule has 6 heteroatoms. The molecular formula is C20H27N3O3. The molecule has 0 spiro atoms. The molecule has 0 saturated heterocycles. The summed E-state index contributed by atoms with van der Waals surface area (Å²) in [4.78, 5) is 13.4. The predicted octanol–water partition coefficient (Wildman–Crippen LogP) is 3.95. The summed E-state index contributed by atoms with van der Waals surface area (Å²) < 4.78 is 1.80. The fraction of sp³-hybridized carbons (Fsp3) is 0.500. The van der Waals surface area contributed by atoms with Crippen molar-refractivity contribution in [1.82, 2.24) is 9.78 Å². The Labute approximate surface area is 154 Å². The number of amides is 1. The van der Waals surface area contributed by atoms with Crippen LogP contribution < -0.4 is 4.90 Å². The SMILES string of the molecule is CC(C)(C)n1nc([C@@H]2CC[C@H](O)C2)cc1N(Cc1ccccc1)C(=O)O. The molecule has 1 amide bonds.